The first-order valence-electron chi connectivity index (χ1n) is 7.30. The van der Waals surface area contributed by atoms with Gasteiger partial charge in [0.1, 0.15) is 0 Å². The van der Waals surface area contributed by atoms with Gasteiger partial charge in [0.15, 0.2) is 0 Å². The van der Waals surface area contributed by atoms with Crippen LogP contribution in [0.25, 0.3) is 0 Å². The van der Waals surface area contributed by atoms with Crippen molar-refractivity contribution in [3.63, 3.8) is 0 Å². The number of ether oxygens (including phenoxy) is 1. The summed E-state index contributed by atoms with van der Waals surface area (Å²) in [6.45, 7) is 3.09. The van der Waals surface area contributed by atoms with Gasteiger partial charge in [-0.15, -0.1) is 0 Å². The van der Waals surface area contributed by atoms with Crippen molar-refractivity contribution >= 4 is 11.9 Å². The van der Waals surface area contributed by atoms with Gasteiger partial charge in [-0.25, -0.2) is 0 Å². The summed E-state index contributed by atoms with van der Waals surface area (Å²) in [6.07, 6.45) is 2.12. The van der Waals surface area contributed by atoms with E-state index in [0.29, 0.717) is 38.5 Å². The van der Waals surface area contributed by atoms with Crippen LogP contribution in [0.5, 0.6) is 0 Å². The summed E-state index contributed by atoms with van der Waals surface area (Å²) in [4.78, 5) is 25.6. The van der Waals surface area contributed by atoms with Crippen LogP contribution in [0.4, 0.5) is 0 Å². The van der Waals surface area contributed by atoms with Gasteiger partial charge in [0.25, 0.3) is 0 Å². The van der Waals surface area contributed by atoms with Gasteiger partial charge in [-0.1, -0.05) is 13.3 Å². The van der Waals surface area contributed by atoms with Crippen molar-refractivity contribution in [2.45, 2.75) is 32.2 Å². The number of carbonyl (C=O) groups is 2. The second kappa shape index (κ2) is 6.54. The maximum atomic E-state index is 12.6. The average molecular weight is 285 g/mol. The fourth-order valence-corrected chi connectivity index (χ4v) is 3.33. The number of hydrogen-bond acceptors (Lipinski definition) is 4. The van der Waals surface area contributed by atoms with Crippen molar-refractivity contribution in [1.82, 2.24) is 4.90 Å². The van der Waals surface area contributed by atoms with Crippen LogP contribution in [0.1, 0.15) is 26.2 Å². The van der Waals surface area contributed by atoms with Crippen LogP contribution in [0.2, 0.25) is 0 Å². The van der Waals surface area contributed by atoms with Crippen LogP contribution in [-0.2, 0) is 14.3 Å². The number of hydrogen-bond donors (Lipinski definition) is 2. The first-order chi connectivity index (χ1) is 9.58. The molecule has 20 heavy (non-hydrogen) atoms. The largest absolute Gasteiger partial charge is 0.481 e. The highest BCUT2D eigenvalue weighted by Crippen LogP contribution is 2.39. The minimum absolute atomic E-state index is 0.129. The Labute approximate surface area is 118 Å². The number of carboxylic acids is 1. The van der Waals surface area contributed by atoms with Gasteiger partial charge in [0.2, 0.25) is 5.91 Å². The summed E-state index contributed by atoms with van der Waals surface area (Å²) in [5.41, 5.74) is 0. The van der Waals surface area contributed by atoms with E-state index in [1.54, 1.807) is 4.90 Å². The van der Waals surface area contributed by atoms with Crippen molar-refractivity contribution in [2.75, 3.05) is 26.4 Å². The summed E-state index contributed by atoms with van der Waals surface area (Å²) in [6, 6.07) is -0.341. The molecule has 0 bridgehead atoms. The molecule has 2 fully saturated rings. The normalized spacial score (nSPS) is 34.2. The molecular formula is C14H23NO5. The van der Waals surface area contributed by atoms with Crippen LogP contribution >= 0.6 is 0 Å². The van der Waals surface area contributed by atoms with Gasteiger partial charge in [-0.2, -0.15) is 0 Å². The number of aliphatic hydroxyl groups excluding tert-OH is 1. The van der Waals surface area contributed by atoms with E-state index in [1.807, 2.05) is 6.92 Å². The molecule has 1 amide bonds. The molecule has 1 saturated heterocycles. The van der Waals surface area contributed by atoms with E-state index < -0.39 is 17.8 Å². The minimum Gasteiger partial charge on any atom is -0.481 e. The van der Waals surface area contributed by atoms with E-state index in [4.69, 9.17) is 4.74 Å². The van der Waals surface area contributed by atoms with Crippen molar-refractivity contribution in [3.05, 3.63) is 0 Å². The maximum Gasteiger partial charge on any atom is 0.307 e. The summed E-state index contributed by atoms with van der Waals surface area (Å²) in [5.74, 6) is -1.75. The van der Waals surface area contributed by atoms with Gasteiger partial charge in [0, 0.05) is 6.54 Å². The fourth-order valence-electron chi connectivity index (χ4n) is 3.33. The molecule has 0 spiro atoms. The maximum absolute atomic E-state index is 12.6. The molecule has 0 aromatic carbocycles. The van der Waals surface area contributed by atoms with E-state index in [0.717, 1.165) is 6.42 Å². The third-order valence-electron chi connectivity index (χ3n) is 4.59. The Balaban J connectivity index is 2.11. The number of aliphatic hydroxyl groups is 1. The van der Waals surface area contributed by atoms with Crippen molar-refractivity contribution in [3.8, 4) is 0 Å². The predicted molar refractivity (Wildman–Crippen MR) is 71.0 cm³/mol. The number of carboxylic acid groups (broad SMARTS) is 1. The Morgan fingerprint density at radius 1 is 1.30 bits per heavy atom. The molecule has 0 aromatic rings. The average Bonchev–Trinajstić information content (AvgIpc) is 2.91. The third-order valence-corrected chi connectivity index (χ3v) is 4.59. The Morgan fingerprint density at radius 2 is 2.00 bits per heavy atom. The Kier molecular flexibility index (Phi) is 4.99. The predicted octanol–water partition coefficient (Wildman–Crippen LogP) is 0.343. The fraction of sp³-hybridized carbons (Fsp3) is 0.857. The molecule has 0 aromatic heterocycles. The number of aliphatic carboxylic acids is 1. The zero-order valence-corrected chi connectivity index (χ0v) is 11.8. The molecule has 1 saturated carbocycles. The van der Waals surface area contributed by atoms with Crippen LogP contribution in [-0.4, -0.2) is 59.4 Å². The number of morpholine rings is 1. The standard InChI is InChI=1S/C14H23NO5/c1-2-9-5-11(12(6-9)14(18)19)13(17)15-3-4-20-8-10(15)7-16/h9-12,16H,2-8H2,1H3,(H,18,19). The molecule has 4 unspecified atom stereocenters. The Bertz CT molecular complexity index is 373. The lowest BCUT2D eigenvalue weighted by molar-refractivity contribution is -0.154. The minimum atomic E-state index is -0.881. The van der Waals surface area contributed by atoms with Gasteiger partial charge < -0.3 is 19.8 Å². The summed E-state index contributed by atoms with van der Waals surface area (Å²) < 4.78 is 5.26. The molecule has 0 radical (unpaired) electrons. The molecule has 2 aliphatic rings. The van der Waals surface area contributed by atoms with Gasteiger partial charge in [-0.05, 0) is 18.8 Å². The monoisotopic (exact) mass is 285 g/mol. The zero-order valence-electron chi connectivity index (χ0n) is 11.8. The molecular weight excluding hydrogens is 262 g/mol. The lowest BCUT2D eigenvalue weighted by Crippen LogP contribution is -2.53. The number of rotatable bonds is 4. The van der Waals surface area contributed by atoms with E-state index in [-0.39, 0.29) is 18.6 Å². The summed E-state index contributed by atoms with van der Waals surface area (Å²) >= 11 is 0. The first kappa shape index (κ1) is 15.3. The van der Waals surface area contributed by atoms with Gasteiger partial charge in [-0.3, -0.25) is 9.59 Å². The quantitative estimate of drug-likeness (QED) is 0.778. The topological polar surface area (TPSA) is 87.1 Å². The van der Waals surface area contributed by atoms with E-state index in [1.165, 1.54) is 0 Å². The summed E-state index contributed by atoms with van der Waals surface area (Å²) in [5, 5.41) is 18.7. The van der Waals surface area contributed by atoms with Gasteiger partial charge in [0.05, 0.1) is 37.7 Å². The Morgan fingerprint density at radius 3 is 2.60 bits per heavy atom. The second-order valence-corrected chi connectivity index (χ2v) is 5.74. The molecule has 1 heterocycles. The molecule has 114 valence electrons. The van der Waals surface area contributed by atoms with Crippen LogP contribution in [0, 0.1) is 17.8 Å². The smallest absolute Gasteiger partial charge is 0.307 e. The highest BCUT2D eigenvalue weighted by Gasteiger charge is 2.45. The molecule has 1 aliphatic heterocycles. The van der Waals surface area contributed by atoms with Crippen molar-refractivity contribution < 1.29 is 24.5 Å². The third kappa shape index (κ3) is 2.96. The molecule has 2 rings (SSSR count). The van der Waals surface area contributed by atoms with E-state index >= 15 is 0 Å². The van der Waals surface area contributed by atoms with Crippen molar-refractivity contribution in [2.24, 2.45) is 17.8 Å². The number of nitrogens with zero attached hydrogens (tertiary/aromatic N) is 1. The SMILES string of the molecule is CCC1CC(C(=O)O)C(C(=O)N2CCOCC2CO)C1. The zero-order chi connectivity index (χ0) is 14.7. The number of amides is 1. The second-order valence-electron chi connectivity index (χ2n) is 5.74. The highest BCUT2D eigenvalue weighted by atomic mass is 16.5. The first-order valence-corrected chi connectivity index (χ1v) is 7.30. The molecule has 4 atom stereocenters. The molecule has 2 N–H and O–H groups in total. The van der Waals surface area contributed by atoms with Crippen LogP contribution < -0.4 is 0 Å². The molecule has 1 aliphatic carbocycles. The highest BCUT2D eigenvalue weighted by molar-refractivity contribution is 5.85. The summed E-state index contributed by atoms with van der Waals surface area (Å²) in [7, 11) is 0. The molecule has 6 nitrogen and oxygen atoms in total. The van der Waals surface area contributed by atoms with E-state index in [2.05, 4.69) is 0 Å². The van der Waals surface area contributed by atoms with Crippen molar-refractivity contribution in [1.29, 1.82) is 0 Å². The number of carbonyl (C=O) groups excluding carboxylic acids is 1. The Hall–Kier alpha value is -1.14. The van der Waals surface area contributed by atoms with Crippen LogP contribution in [0.3, 0.4) is 0 Å². The van der Waals surface area contributed by atoms with Crippen LogP contribution in [0.15, 0.2) is 0 Å². The van der Waals surface area contributed by atoms with Gasteiger partial charge >= 0.3 is 5.97 Å². The lowest BCUT2D eigenvalue weighted by Gasteiger charge is -2.36. The lowest BCUT2D eigenvalue weighted by atomic mass is 9.94. The molecule has 6 heteroatoms. The van der Waals surface area contributed by atoms with E-state index in [9.17, 15) is 19.8 Å².